The van der Waals surface area contributed by atoms with Gasteiger partial charge in [0.05, 0.1) is 17.0 Å². The second-order valence-corrected chi connectivity index (χ2v) is 13.7. The Labute approximate surface area is 297 Å². The van der Waals surface area contributed by atoms with Crippen molar-refractivity contribution in [1.82, 2.24) is 18.8 Å². The fraction of sp³-hybridized carbons (Fsp3) is 0.116. The van der Waals surface area contributed by atoms with Gasteiger partial charge in [-0.1, -0.05) is 110 Å². The monoisotopic (exact) mass is 813 g/mol. The Balaban J connectivity index is 0.00000325. The molecule has 0 aliphatic carbocycles. The van der Waals surface area contributed by atoms with Crippen molar-refractivity contribution in [2.75, 3.05) is 0 Å². The summed E-state index contributed by atoms with van der Waals surface area (Å²) in [4.78, 5) is 10.0. The first kappa shape index (κ1) is 29.9. The third-order valence-corrected chi connectivity index (χ3v) is 9.79. The molecule has 0 radical (unpaired) electrons. The number of ether oxygens (including phenoxy) is 1. The normalized spacial score (nSPS) is 12.3. The van der Waals surface area contributed by atoms with Crippen molar-refractivity contribution in [1.29, 1.82) is 0 Å². The minimum atomic E-state index is -0.0229. The molecule has 0 N–H and O–H groups in total. The van der Waals surface area contributed by atoms with Crippen molar-refractivity contribution in [3.63, 3.8) is 0 Å². The van der Waals surface area contributed by atoms with E-state index in [0.717, 1.165) is 60.8 Å². The van der Waals surface area contributed by atoms with Gasteiger partial charge in [0.25, 0.3) is 0 Å². The molecule has 0 aliphatic heterocycles. The van der Waals surface area contributed by atoms with Crippen LogP contribution in [0.15, 0.2) is 109 Å². The molecule has 5 aromatic carbocycles. The van der Waals surface area contributed by atoms with Crippen LogP contribution in [0.1, 0.15) is 32.0 Å². The van der Waals surface area contributed by atoms with Crippen LogP contribution in [-0.2, 0) is 26.5 Å². The van der Waals surface area contributed by atoms with Gasteiger partial charge in [0.1, 0.15) is 5.65 Å². The van der Waals surface area contributed by atoms with Gasteiger partial charge in [-0.05, 0) is 46.4 Å². The number of para-hydroxylation sites is 2. The first-order valence-corrected chi connectivity index (χ1v) is 16.4. The summed E-state index contributed by atoms with van der Waals surface area (Å²) >= 11 is 0. The average molecular weight is 814 g/mol. The Morgan fingerprint density at radius 1 is 0.653 bits per heavy atom. The van der Waals surface area contributed by atoms with E-state index in [1.54, 1.807) is 0 Å². The van der Waals surface area contributed by atoms with E-state index in [1.165, 1.54) is 27.2 Å². The number of hydrogen-bond donors (Lipinski definition) is 0. The number of aromatic nitrogens is 4. The molecule has 5 heterocycles. The van der Waals surface area contributed by atoms with Crippen molar-refractivity contribution in [2.45, 2.75) is 33.1 Å². The van der Waals surface area contributed by atoms with Crippen LogP contribution in [0.3, 0.4) is 0 Å². The predicted octanol–water partition coefficient (Wildman–Crippen LogP) is 10.8. The third-order valence-electron chi connectivity index (χ3n) is 9.79. The van der Waals surface area contributed by atoms with Gasteiger partial charge in [0, 0.05) is 39.5 Å². The van der Waals surface area contributed by atoms with Gasteiger partial charge >= 0.3 is 21.1 Å². The topological polar surface area (TPSA) is 43.8 Å². The Hall–Kier alpha value is -5.25. The molecule has 10 rings (SSSR count). The number of imidazole rings is 1. The summed E-state index contributed by atoms with van der Waals surface area (Å²) in [5, 5.41) is 7.90. The summed E-state index contributed by atoms with van der Waals surface area (Å²) in [6, 6.07) is 43.2. The number of benzene rings is 5. The molecule has 5 aromatic heterocycles. The molecule has 0 amide bonds. The summed E-state index contributed by atoms with van der Waals surface area (Å²) in [7, 11) is 0. The number of aryl methyl sites for hydroxylation is 1. The fourth-order valence-corrected chi connectivity index (χ4v) is 7.77. The molecule has 0 fully saturated rings. The Bertz CT molecular complexity index is 2910. The maximum Gasteiger partial charge on any atom is 2.00 e. The molecule has 238 valence electrons. The number of hydrogen-bond acceptors (Lipinski definition) is 3. The van der Waals surface area contributed by atoms with Crippen LogP contribution >= 0.6 is 0 Å². The van der Waals surface area contributed by atoms with E-state index in [4.69, 9.17) is 14.7 Å². The zero-order valence-electron chi connectivity index (χ0n) is 27.4. The van der Waals surface area contributed by atoms with Crippen molar-refractivity contribution in [3.8, 4) is 22.8 Å². The SMILES string of the molecule is Cc1nc2c3[c-]c(Oc4[c-]c5c(cc4)c4cccc6c7c(C(C)(C)C)ccnc7n5c46)ccc3c3ccccc3n2c1-c1ccccc1.[Pt+2]. The van der Waals surface area contributed by atoms with Crippen LogP contribution in [0.4, 0.5) is 0 Å². The molecule has 10 aromatic rings. The average Bonchev–Trinajstić information content (AvgIpc) is 3.75. The van der Waals surface area contributed by atoms with Gasteiger partial charge in [-0.3, -0.25) is 4.98 Å². The molecule has 0 saturated carbocycles. The van der Waals surface area contributed by atoms with Crippen LogP contribution in [0.2, 0.25) is 0 Å². The summed E-state index contributed by atoms with van der Waals surface area (Å²) < 4.78 is 11.1. The molecule has 0 atom stereocenters. The number of nitrogens with zero attached hydrogens (tertiary/aromatic N) is 4. The standard InChI is InChI=1S/C43H30N4O.Pt/c1-25-39(26-11-6-5-7-12-26)46-36-16-9-8-13-30(36)29-19-17-27(23-34(29)41(46)45-25)48-28-18-20-31-32-14-10-15-33-38-35(43(2,3)4)21-22-44-42(38)47(40(32)33)37(31)24-28;/h5-22H,1-4H3;/q-2;+2. The van der Waals surface area contributed by atoms with E-state index >= 15 is 0 Å². The van der Waals surface area contributed by atoms with E-state index in [9.17, 15) is 0 Å². The number of pyridine rings is 2. The van der Waals surface area contributed by atoms with Crippen molar-refractivity contribution >= 4 is 65.5 Å². The van der Waals surface area contributed by atoms with Gasteiger partial charge in [0.2, 0.25) is 0 Å². The van der Waals surface area contributed by atoms with Crippen LogP contribution in [0.5, 0.6) is 11.5 Å². The third kappa shape index (κ3) is 4.22. The molecule has 6 heteroatoms. The van der Waals surface area contributed by atoms with Gasteiger partial charge < -0.3 is 13.5 Å². The molecule has 49 heavy (non-hydrogen) atoms. The van der Waals surface area contributed by atoms with Crippen molar-refractivity contribution < 1.29 is 25.8 Å². The fourth-order valence-electron chi connectivity index (χ4n) is 7.77. The largest absolute Gasteiger partial charge is 2.00 e. The van der Waals surface area contributed by atoms with Crippen molar-refractivity contribution in [3.05, 3.63) is 133 Å². The van der Waals surface area contributed by atoms with E-state index in [2.05, 4.69) is 134 Å². The van der Waals surface area contributed by atoms with E-state index < -0.39 is 0 Å². The van der Waals surface area contributed by atoms with Gasteiger partial charge in [-0.2, -0.15) is 6.07 Å². The second kappa shape index (κ2) is 10.6. The van der Waals surface area contributed by atoms with Crippen LogP contribution in [0, 0.1) is 19.1 Å². The van der Waals surface area contributed by atoms with Crippen LogP contribution < -0.4 is 4.74 Å². The van der Waals surface area contributed by atoms with Gasteiger partial charge in [0.15, 0.2) is 0 Å². The minimum absolute atomic E-state index is 0. The van der Waals surface area contributed by atoms with Gasteiger partial charge in [-0.15, -0.1) is 29.7 Å². The summed E-state index contributed by atoms with van der Waals surface area (Å²) in [5.74, 6) is 1.24. The maximum atomic E-state index is 6.57. The van der Waals surface area contributed by atoms with Gasteiger partial charge in [-0.25, -0.2) is 4.98 Å². The van der Waals surface area contributed by atoms with Crippen molar-refractivity contribution in [2.24, 2.45) is 0 Å². The summed E-state index contributed by atoms with van der Waals surface area (Å²) in [5.41, 5.74) is 9.51. The molecule has 0 spiro atoms. The Kier molecular flexibility index (Phi) is 6.47. The quantitative estimate of drug-likeness (QED) is 0.132. The number of fused-ring (bicyclic) bond motifs is 12. The molecular formula is C43H30N4OPt. The molecule has 0 bridgehead atoms. The first-order valence-electron chi connectivity index (χ1n) is 16.4. The Morgan fingerprint density at radius 3 is 2.18 bits per heavy atom. The maximum absolute atomic E-state index is 6.57. The van der Waals surface area contributed by atoms with Crippen LogP contribution in [0.25, 0.3) is 76.8 Å². The smallest absolute Gasteiger partial charge is 0.503 e. The molecular weight excluding hydrogens is 784 g/mol. The minimum Gasteiger partial charge on any atom is -0.503 e. The first-order chi connectivity index (χ1) is 23.4. The van der Waals surface area contributed by atoms with Crippen LogP contribution in [-0.4, -0.2) is 18.8 Å². The second-order valence-electron chi connectivity index (χ2n) is 13.7. The van der Waals surface area contributed by atoms with E-state index in [1.807, 2.05) is 24.4 Å². The molecule has 0 aliphatic rings. The Morgan fingerprint density at radius 2 is 1.37 bits per heavy atom. The zero-order chi connectivity index (χ0) is 32.3. The molecule has 0 unspecified atom stereocenters. The summed E-state index contributed by atoms with van der Waals surface area (Å²) in [6.07, 6.45) is 1.93. The molecule has 5 nitrogen and oxygen atoms in total. The predicted molar refractivity (Wildman–Crippen MR) is 196 cm³/mol. The van der Waals surface area contributed by atoms with E-state index in [0.29, 0.717) is 11.5 Å². The number of rotatable bonds is 3. The zero-order valence-corrected chi connectivity index (χ0v) is 29.7. The molecule has 0 saturated heterocycles. The van der Waals surface area contributed by atoms with E-state index in [-0.39, 0.29) is 26.5 Å². The summed E-state index contributed by atoms with van der Waals surface area (Å²) in [6.45, 7) is 8.86.